The van der Waals surface area contributed by atoms with Crippen molar-refractivity contribution in [1.29, 1.82) is 0 Å². The minimum Gasteiger partial charge on any atom is -0.494 e. The van der Waals surface area contributed by atoms with Gasteiger partial charge in [0.25, 0.3) is 11.8 Å². The molecule has 3 rings (SSSR count). The van der Waals surface area contributed by atoms with Crippen LogP contribution < -0.4 is 20.1 Å². The third kappa shape index (κ3) is 8.27. The molecule has 0 unspecified atom stereocenters. The molecule has 7 heteroatoms. The number of benzene rings is 2. The van der Waals surface area contributed by atoms with E-state index in [1.54, 1.807) is 54.6 Å². The van der Waals surface area contributed by atoms with E-state index in [1.165, 1.54) is 12.8 Å². The van der Waals surface area contributed by atoms with Gasteiger partial charge in [-0.05, 0) is 74.2 Å². The molecule has 2 aromatic carbocycles. The van der Waals surface area contributed by atoms with Crippen LogP contribution in [-0.2, 0) is 4.79 Å². The molecule has 1 aliphatic carbocycles. The lowest BCUT2D eigenvalue weighted by Gasteiger charge is -2.12. The van der Waals surface area contributed by atoms with E-state index in [1.807, 2.05) is 13.8 Å². The summed E-state index contributed by atoms with van der Waals surface area (Å²) in [7, 11) is 0. The van der Waals surface area contributed by atoms with E-state index in [-0.39, 0.29) is 25.0 Å². The molecule has 0 spiro atoms. The van der Waals surface area contributed by atoms with E-state index >= 15 is 0 Å². The van der Waals surface area contributed by atoms with Crippen molar-refractivity contribution in [2.75, 3.05) is 19.8 Å². The van der Waals surface area contributed by atoms with Gasteiger partial charge in [-0.2, -0.15) is 0 Å². The molecular formula is C26H32N2O5. The van der Waals surface area contributed by atoms with Gasteiger partial charge in [0.2, 0.25) is 0 Å². The number of amides is 2. The van der Waals surface area contributed by atoms with Crippen molar-refractivity contribution in [1.82, 2.24) is 10.6 Å². The van der Waals surface area contributed by atoms with Crippen molar-refractivity contribution in [2.45, 2.75) is 39.2 Å². The van der Waals surface area contributed by atoms with E-state index < -0.39 is 11.8 Å². The summed E-state index contributed by atoms with van der Waals surface area (Å²) in [5, 5.41) is 14.3. The van der Waals surface area contributed by atoms with Crippen LogP contribution in [-0.4, -0.2) is 42.8 Å². The topological polar surface area (TPSA) is 96.9 Å². The fourth-order valence-corrected chi connectivity index (χ4v) is 3.15. The molecule has 0 bridgehead atoms. The van der Waals surface area contributed by atoms with Crippen LogP contribution in [0.1, 0.15) is 49.0 Å². The summed E-state index contributed by atoms with van der Waals surface area (Å²) >= 11 is 0. The lowest BCUT2D eigenvalue weighted by molar-refractivity contribution is -0.117. The monoisotopic (exact) mass is 452 g/mol. The van der Waals surface area contributed by atoms with E-state index in [0.717, 1.165) is 23.7 Å². The summed E-state index contributed by atoms with van der Waals surface area (Å²) in [5.74, 6) is 1.34. The first-order valence-corrected chi connectivity index (χ1v) is 11.4. The number of rotatable bonds is 12. The Hall–Kier alpha value is -3.32. The van der Waals surface area contributed by atoms with Gasteiger partial charge < -0.3 is 25.2 Å². The number of aliphatic hydroxyl groups is 1. The van der Waals surface area contributed by atoms with Crippen LogP contribution in [0.15, 0.2) is 54.2 Å². The molecule has 3 N–H and O–H groups in total. The lowest BCUT2D eigenvalue weighted by Crippen LogP contribution is -2.36. The van der Waals surface area contributed by atoms with Crippen molar-refractivity contribution in [3.8, 4) is 11.5 Å². The van der Waals surface area contributed by atoms with Crippen molar-refractivity contribution >= 4 is 17.9 Å². The minimum atomic E-state index is -0.486. The second-order valence-electron chi connectivity index (χ2n) is 8.33. The van der Waals surface area contributed by atoms with Gasteiger partial charge in [-0.1, -0.05) is 25.0 Å². The first-order valence-electron chi connectivity index (χ1n) is 11.4. The van der Waals surface area contributed by atoms with Gasteiger partial charge in [-0.3, -0.25) is 9.59 Å². The van der Waals surface area contributed by atoms with Crippen molar-refractivity contribution < 1.29 is 24.2 Å². The third-order valence-corrected chi connectivity index (χ3v) is 5.06. The van der Waals surface area contributed by atoms with E-state index in [9.17, 15) is 9.59 Å². The van der Waals surface area contributed by atoms with Crippen LogP contribution in [0, 0.1) is 5.92 Å². The van der Waals surface area contributed by atoms with Crippen LogP contribution >= 0.6 is 0 Å². The number of carbonyl (C=O) groups is 2. The normalized spacial score (nSPS) is 13.5. The first kappa shape index (κ1) is 24.3. The van der Waals surface area contributed by atoms with Gasteiger partial charge in [0.05, 0.1) is 19.3 Å². The van der Waals surface area contributed by atoms with E-state index in [4.69, 9.17) is 14.6 Å². The average Bonchev–Trinajstić information content (AvgIpc) is 3.62. The zero-order chi connectivity index (χ0) is 23.6. The predicted octanol–water partition coefficient (Wildman–Crippen LogP) is 3.53. The highest BCUT2D eigenvalue weighted by Gasteiger charge is 2.20. The maximum atomic E-state index is 12.8. The van der Waals surface area contributed by atoms with E-state index in [0.29, 0.717) is 17.9 Å². The molecule has 0 radical (unpaired) electrons. The molecule has 33 heavy (non-hydrogen) atoms. The van der Waals surface area contributed by atoms with Crippen molar-refractivity contribution in [3.63, 3.8) is 0 Å². The molecule has 7 nitrogen and oxygen atoms in total. The largest absolute Gasteiger partial charge is 0.494 e. The second-order valence-corrected chi connectivity index (χ2v) is 8.33. The quantitative estimate of drug-likeness (QED) is 0.428. The summed E-state index contributed by atoms with van der Waals surface area (Å²) < 4.78 is 11.4. The Morgan fingerprint density at radius 1 is 1.06 bits per heavy atom. The number of ether oxygens (including phenoxy) is 2. The fourth-order valence-electron chi connectivity index (χ4n) is 3.15. The highest BCUT2D eigenvalue weighted by molar-refractivity contribution is 6.05. The molecule has 1 fully saturated rings. The molecule has 1 saturated carbocycles. The van der Waals surface area contributed by atoms with Crippen molar-refractivity contribution in [2.24, 2.45) is 5.92 Å². The average molecular weight is 453 g/mol. The van der Waals surface area contributed by atoms with Gasteiger partial charge >= 0.3 is 0 Å². The number of nitrogens with one attached hydrogen (secondary N) is 2. The Morgan fingerprint density at radius 2 is 1.73 bits per heavy atom. The van der Waals surface area contributed by atoms with Crippen LogP contribution in [0.3, 0.4) is 0 Å². The standard InChI is InChI=1S/C26H32N2O5/c1-18(2)33-23-9-5-20(6-10-23)17-24(26(31)27-14-15-29)28-25(30)21-7-11-22(12-8-21)32-16-13-19-3-4-19/h5-12,17-19,29H,3-4,13-16H2,1-2H3,(H,27,31)(H,28,30). The van der Waals surface area contributed by atoms with E-state index in [2.05, 4.69) is 10.6 Å². The molecule has 0 atom stereocenters. The Morgan fingerprint density at radius 3 is 2.33 bits per heavy atom. The Bertz CT molecular complexity index is 948. The van der Waals surface area contributed by atoms with Gasteiger partial charge in [-0.25, -0.2) is 0 Å². The SMILES string of the molecule is CC(C)Oc1ccc(C=C(NC(=O)c2ccc(OCCC3CC3)cc2)C(=O)NCCO)cc1. The van der Waals surface area contributed by atoms with Gasteiger partial charge in [0, 0.05) is 12.1 Å². The summed E-state index contributed by atoms with van der Waals surface area (Å²) in [6, 6.07) is 14.1. The molecule has 1 aliphatic rings. The van der Waals surface area contributed by atoms with Crippen molar-refractivity contribution in [3.05, 3.63) is 65.4 Å². The third-order valence-electron chi connectivity index (χ3n) is 5.06. The summed E-state index contributed by atoms with van der Waals surface area (Å²) in [6.07, 6.45) is 5.28. The second kappa shape index (κ2) is 12.1. The molecule has 2 amide bonds. The number of carbonyl (C=O) groups excluding carboxylic acids is 2. The predicted molar refractivity (Wildman–Crippen MR) is 127 cm³/mol. The molecule has 0 heterocycles. The smallest absolute Gasteiger partial charge is 0.267 e. The zero-order valence-electron chi connectivity index (χ0n) is 19.2. The number of hydrogen-bond donors (Lipinski definition) is 3. The number of hydrogen-bond acceptors (Lipinski definition) is 5. The molecule has 0 aliphatic heterocycles. The molecule has 2 aromatic rings. The highest BCUT2D eigenvalue weighted by Crippen LogP contribution is 2.32. The number of aliphatic hydroxyl groups excluding tert-OH is 1. The molecule has 0 saturated heterocycles. The summed E-state index contributed by atoms with van der Waals surface area (Å²) in [5.41, 5.74) is 1.21. The first-order chi connectivity index (χ1) is 15.9. The fraction of sp³-hybridized carbons (Fsp3) is 0.385. The summed E-state index contributed by atoms with van der Waals surface area (Å²) in [4.78, 5) is 25.3. The van der Waals surface area contributed by atoms with Gasteiger partial charge in [0.15, 0.2) is 0 Å². The van der Waals surface area contributed by atoms with Crippen LogP contribution in [0.2, 0.25) is 0 Å². The molecular weight excluding hydrogens is 420 g/mol. The minimum absolute atomic E-state index is 0.0560. The Kier molecular flexibility index (Phi) is 8.89. The Balaban J connectivity index is 1.67. The zero-order valence-corrected chi connectivity index (χ0v) is 19.2. The maximum absolute atomic E-state index is 12.8. The van der Waals surface area contributed by atoms with Gasteiger partial charge in [-0.15, -0.1) is 0 Å². The lowest BCUT2D eigenvalue weighted by atomic mass is 10.1. The molecule has 0 aromatic heterocycles. The van der Waals surface area contributed by atoms with Crippen LogP contribution in [0.25, 0.3) is 6.08 Å². The molecule has 176 valence electrons. The highest BCUT2D eigenvalue weighted by atomic mass is 16.5. The van der Waals surface area contributed by atoms with Crippen LogP contribution in [0.4, 0.5) is 0 Å². The van der Waals surface area contributed by atoms with Crippen LogP contribution in [0.5, 0.6) is 11.5 Å². The maximum Gasteiger partial charge on any atom is 0.267 e. The summed E-state index contributed by atoms with van der Waals surface area (Å²) in [6.45, 7) is 4.45. The Labute approximate surface area is 194 Å². The van der Waals surface area contributed by atoms with Gasteiger partial charge in [0.1, 0.15) is 17.2 Å².